The fourth-order valence-corrected chi connectivity index (χ4v) is 1.50. The molecular weight excluding hydrogens is 208 g/mol. The van der Waals surface area contributed by atoms with Crippen LogP contribution in [0.3, 0.4) is 0 Å². The van der Waals surface area contributed by atoms with Crippen LogP contribution in [-0.4, -0.2) is 15.0 Å². The number of nitrogens with two attached hydrogens (primary N) is 1. The van der Waals surface area contributed by atoms with Gasteiger partial charge >= 0.3 is 0 Å². The van der Waals surface area contributed by atoms with E-state index < -0.39 is 0 Å². The number of aromatic nitrogens is 3. The van der Waals surface area contributed by atoms with E-state index in [4.69, 9.17) is 5.73 Å². The van der Waals surface area contributed by atoms with Gasteiger partial charge in [-0.3, -0.25) is 0 Å². The molecule has 0 spiro atoms. The van der Waals surface area contributed by atoms with Gasteiger partial charge in [0.15, 0.2) is 4.60 Å². The predicted octanol–water partition coefficient (Wildman–Crippen LogP) is 0.834. The molecule has 1 saturated carbocycles. The fourth-order valence-electron chi connectivity index (χ4n) is 1.08. The first kappa shape index (κ1) is 7.24. The van der Waals surface area contributed by atoms with Gasteiger partial charge < -0.3 is 5.73 Å². The summed E-state index contributed by atoms with van der Waals surface area (Å²) in [5.41, 5.74) is 6.54. The molecule has 60 valence electrons. The molecule has 11 heavy (non-hydrogen) atoms. The first-order chi connectivity index (χ1) is 5.33. The van der Waals surface area contributed by atoms with Crippen molar-refractivity contribution in [1.29, 1.82) is 0 Å². The average molecular weight is 217 g/mol. The molecule has 1 aliphatic rings. The van der Waals surface area contributed by atoms with Gasteiger partial charge in [-0.15, -0.1) is 5.10 Å². The van der Waals surface area contributed by atoms with Crippen molar-refractivity contribution >= 4 is 15.9 Å². The van der Waals surface area contributed by atoms with E-state index in [9.17, 15) is 0 Å². The van der Waals surface area contributed by atoms with Crippen LogP contribution in [0.5, 0.6) is 0 Å². The summed E-state index contributed by atoms with van der Waals surface area (Å²) < 4.78 is 2.70. The molecule has 1 heterocycles. The Morgan fingerprint density at radius 3 is 2.91 bits per heavy atom. The number of rotatable bonds is 2. The lowest BCUT2D eigenvalue weighted by Crippen LogP contribution is -2.07. The highest BCUT2D eigenvalue weighted by atomic mass is 79.9. The second-order valence-corrected chi connectivity index (χ2v) is 3.46. The van der Waals surface area contributed by atoms with Crippen LogP contribution in [0.15, 0.2) is 4.60 Å². The van der Waals surface area contributed by atoms with Crippen LogP contribution in [0.4, 0.5) is 0 Å². The summed E-state index contributed by atoms with van der Waals surface area (Å²) in [6, 6.07) is 0.562. The lowest BCUT2D eigenvalue weighted by atomic mass is 10.4. The summed E-state index contributed by atoms with van der Waals surface area (Å²) in [5.74, 6) is 0. The highest BCUT2D eigenvalue weighted by Crippen LogP contribution is 2.35. The molecule has 0 unspecified atom stereocenters. The van der Waals surface area contributed by atoms with E-state index in [1.807, 2.05) is 4.68 Å². The molecule has 1 fully saturated rings. The molecule has 2 rings (SSSR count). The minimum Gasteiger partial charge on any atom is -0.325 e. The van der Waals surface area contributed by atoms with Gasteiger partial charge in [-0.05, 0) is 28.8 Å². The zero-order valence-electron chi connectivity index (χ0n) is 6.00. The largest absolute Gasteiger partial charge is 0.325 e. The van der Waals surface area contributed by atoms with Crippen LogP contribution in [-0.2, 0) is 6.54 Å². The lowest BCUT2D eigenvalue weighted by molar-refractivity contribution is 0.583. The minimum absolute atomic E-state index is 0.504. The Balaban J connectivity index is 2.36. The highest BCUT2D eigenvalue weighted by Gasteiger charge is 2.27. The average Bonchev–Trinajstić information content (AvgIpc) is 2.76. The van der Waals surface area contributed by atoms with Gasteiger partial charge in [0, 0.05) is 6.54 Å². The summed E-state index contributed by atoms with van der Waals surface area (Å²) in [4.78, 5) is 0. The Bertz CT molecular complexity index is 266. The van der Waals surface area contributed by atoms with Crippen LogP contribution in [0.1, 0.15) is 24.6 Å². The SMILES string of the molecule is NCc1c(Br)nnn1C1CC1. The molecular formula is C6H9BrN4. The molecule has 4 nitrogen and oxygen atoms in total. The van der Waals surface area contributed by atoms with Crippen LogP contribution < -0.4 is 5.73 Å². The Kier molecular flexibility index (Phi) is 1.69. The van der Waals surface area contributed by atoms with Crippen LogP contribution >= 0.6 is 15.9 Å². The molecule has 0 amide bonds. The van der Waals surface area contributed by atoms with Gasteiger partial charge in [-0.2, -0.15) is 0 Å². The summed E-state index contributed by atoms with van der Waals surface area (Å²) in [5, 5.41) is 7.89. The third-order valence-corrected chi connectivity index (χ3v) is 2.45. The first-order valence-electron chi connectivity index (χ1n) is 3.62. The number of hydrogen-bond acceptors (Lipinski definition) is 3. The van der Waals surface area contributed by atoms with E-state index in [-0.39, 0.29) is 0 Å². The van der Waals surface area contributed by atoms with Crippen molar-refractivity contribution in [3.05, 3.63) is 10.3 Å². The maximum atomic E-state index is 5.53. The Hall–Kier alpha value is -0.420. The van der Waals surface area contributed by atoms with Crippen molar-refractivity contribution in [3.8, 4) is 0 Å². The monoisotopic (exact) mass is 216 g/mol. The third kappa shape index (κ3) is 1.18. The molecule has 1 aliphatic carbocycles. The van der Waals surface area contributed by atoms with E-state index in [1.165, 1.54) is 12.8 Å². The minimum atomic E-state index is 0.504. The topological polar surface area (TPSA) is 56.7 Å². The second-order valence-electron chi connectivity index (χ2n) is 2.71. The Morgan fingerprint density at radius 2 is 2.36 bits per heavy atom. The molecule has 0 aromatic carbocycles. The lowest BCUT2D eigenvalue weighted by Gasteiger charge is -1.99. The molecule has 1 aromatic rings. The standard InChI is InChI=1S/C6H9BrN4/c7-6-5(3-8)11(10-9-6)4-1-2-4/h4H,1-3,8H2. The normalized spacial score (nSPS) is 17.3. The van der Waals surface area contributed by atoms with Gasteiger partial charge in [0.1, 0.15) is 0 Å². The van der Waals surface area contributed by atoms with Crippen molar-refractivity contribution in [2.45, 2.75) is 25.4 Å². The Labute approximate surface area is 72.9 Å². The summed E-state index contributed by atoms with van der Waals surface area (Å²) >= 11 is 3.30. The van der Waals surface area contributed by atoms with E-state index in [1.54, 1.807) is 0 Å². The van der Waals surface area contributed by atoms with Crippen molar-refractivity contribution in [2.75, 3.05) is 0 Å². The molecule has 5 heteroatoms. The van der Waals surface area contributed by atoms with Crippen molar-refractivity contribution < 1.29 is 0 Å². The van der Waals surface area contributed by atoms with E-state index >= 15 is 0 Å². The van der Waals surface area contributed by atoms with E-state index in [0.717, 1.165) is 10.3 Å². The first-order valence-corrected chi connectivity index (χ1v) is 4.42. The molecule has 0 saturated heterocycles. The van der Waals surface area contributed by atoms with Gasteiger partial charge in [-0.25, -0.2) is 4.68 Å². The number of nitrogens with zero attached hydrogens (tertiary/aromatic N) is 3. The van der Waals surface area contributed by atoms with Crippen LogP contribution in [0, 0.1) is 0 Å². The molecule has 1 aromatic heterocycles. The van der Waals surface area contributed by atoms with E-state index in [2.05, 4.69) is 26.2 Å². The number of halogens is 1. The molecule has 2 N–H and O–H groups in total. The summed E-state index contributed by atoms with van der Waals surface area (Å²) in [6.07, 6.45) is 2.42. The summed E-state index contributed by atoms with van der Waals surface area (Å²) in [6.45, 7) is 0.504. The Morgan fingerprint density at radius 1 is 1.64 bits per heavy atom. The zero-order valence-corrected chi connectivity index (χ0v) is 7.58. The zero-order chi connectivity index (χ0) is 7.84. The quantitative estimate of drug-likeness (QED) is 0.798. The van der Waals surface area contributed by atoms with Gasteiger partial charge in [0.2, 0.25) is 0 Å². The van der Waals surface area contributed by atoms with Gasteiger partial charge in [-0.1, -0.05) is 5.21 Å². The summed E-state index contributed by atoms with van der Waals surface area (Å²) in [7, 11) is 0. The molecule has 0 atom stereocenters. The molecule has 0 aliphatic heterocycles. The highest BCUT2D eigenvalue weighted by molar-refractivity contribution is 9.10. The smallest absolute Gasteiger partial charge is 0.152 e. The number of hydrogen-bond donors (Lipinski definition) is 1. The molecule has 0 radical (unpaired) electrons. The van der Waals surface area contributed by atoms with Crippen molar-refractivity contribution in [3.63, 3.8) is 0 Å². The van der Waals surface area contributed by atoms with Crippen LogP contribution in [0.25, 0.3) is 0 Å². The van der Waals surface area contributed by atoms with E-state index in [0.29, 0.717) is 12.6 Å². The fraction of sp³-hybridized carbons (Fsp3) is 0.667. The van der Waals surface area contributed by atoms with Gasteiger partial charge in [0.25, 0.3) is 0 Å². The maximum absolute atomic E-state index is 5.53. The molecule has 0 bridgehead atoms. The third-order valence-electron chi connectivity index (χ3n) is 1.83. The van der Waals surface area contributed by atoms with Gasteiger partial charge in [0.05, 0.1) is 11.7 Å². The predicted molar refractivity (Wildman–Crippen MR) is 43.9 cm³/mol. The van der Waals surface area contributed by atoms with Crippen molar-refractivity contribution in [2.24, 2.45) is 5.73 Å². The second kappa shape index (κ2) is 2.57. The van der Waals surface area contributed by atoms with Crippen molar-refractivity contribution in [1.82, 2.24) is 15.0 Å². The maximum Gasteiger partial charge on any atom is 0.152 e. The van der Waals surface area contributed by atoms with Crippen LogP contribution in [0.2, 0.25) is 0 Å².